The van der Waals surface area contributed by atoms with Gasteiger partial charge in [0.05, 0.1) is 25.7 Å². The zero-order valence-electron chi connectivity index (χ0n) is 17.8. The van der Waals surface area contributed by atoms with Crippen molar-refractivity contribution in [3.8, 4) is 5.75 Å². The second-order valence-corrected chi connectivity index (χ2v) is 6.94. The zero-order chi connectivity index (χ0) is 21.0. The number of hydrogen-bond donors (Lipinski definition) is 2. The Morgan fingerprint density at radius 3 is 2.35 bits per heavy atom. The normalized spacial score (nSPS) is 14.9. The van der Waals surface area contributed by atoms with Crippen LogP contribution in [0.3, 0.4) is 0 Å². The van der Waals surface area contributed by atoms with E-state index in [2.05, 4.69) is 15.6 Å². The standard InChI is InChI=1S/C23H30N4O3.HI/c1-24-23(25-12-15-30-20-10-6-3-7-11-20)26-18-21(19-8-4-2-5-9-19)22(28)27-13-16-29-17-14-27;/h2-11,21H,12-18H2,1H3,(H2,24,25,26);1H. The third-order valence-corrected chi connectivity index (χ3v) is 4.93. The molecule has 1 aliphatic rings. The van der Waals surface area contributed by atoms with Crippen LogP contribution in [0.1, 0.15) is 11.5 Å². The summed E-state index contributed by atoms with van der Waals surface area (Å²) >= 11 is 0. The highest BCUT2D eigenvalue weighted by Crippen LogP contribution is 2.18. The summed E-state index contributed by atoms with van der Waals surface area (Å²) in [6.07, 6.45) is 0. The number of rotatable bonds is 8. The van der Waals surface area contributed by atoms with E-state index < -0.39 is 0 Å². The number of hydrogen-bond acceptors (Lipinski definition) is 4. The second-order valence-electron chi connectivity index (χ2n) is 6.94. The van der Waals surface area contributed by atoms with E-state index in [0.717, 1.165) is 11.3 Å². The molecule has 1 saturated heterocycles. The van der Waals surface area contributed by atoms with Gasteiger partial charge < -0.3 is 25.0 Å². The number of morpholine rings is 1. The Balaban J connectivity index is 0.00000341. The first-order valence-electron chi connectivity index (χ1n) is 10.3. The highest BCUT2D eigenvalue weighted by molar-refractivity contribution is 14.0. The van der Waals surface area contributed by atoms with E-state index in [-0.39, 0.29) is 35.8 Å². The molecule has 0 spiro atoms. The van der Waals surface area contributed by atoms with Crippen molar-refractivity contribution in [2.75, 3.05) is 53.0 Å². The van der Waals surface area contributed by atoms with E-state index >= 15 is 0 Å². The minimum atomic E-state index is -0.289. The van der Waals surface area contributed by atoms with Crippen molar-refractivity contribution < 1.29 is 14.3 Å². The molecule has 1 aliphatic heterocycles. The minimum absolute atomic E-state index is 0. The number of ether oxygens (including phenoxy) is 2. The van der Waals surface area contributed by atoms with E-state index in [1.165, 1.54) is 0 Å². The van der Waals surface area contributed by atoms with Gasteiger partial charge in [-0.2, -0.15) is 0 Å². The van der Waals surface area contributed by atoms with Crippen molar-refractivity contribution in [2.24, 2.45) is 4.99 Å². The molecule has 1 unspecified atom stereocenters. The predicted octanol–water partition coefficient (Wildman–Crippen LogP) is 2.49. The van der Waals surface area contributed by atoms with Crippen molar-refractivity contribution in [1.29, 1.82) is 0 Å². The lowest BCUT2D eigenvalue weighted by molar-refractivity contribution is -0.136. The minimum Gasteiger partial charge on any atom is -0.492 e. The number of nitrogens with one attached hydrogen (secondary N) is 2. The van der Waals surface area contributed by atoms with Gasteiger partial charge in [0.2, 0.25) is 5.91 Å². The summed E-state index contributed by atoms with van der Waals surface area (Å²) in [6, 6.07) is 19.6. The largest absolute Gasteiger partial charge is 0.492 e. The average molecular weight is 538 g/mol. The quantitative estimate of drug-likeness (QED) is 0.234. The number of para-hydroxylation sites is 1. The molecular weight excluding hydrogens is 507 g/mol. The van der Waals surface area contributed by atoms with Crippen LogP contribution in [0.4, 0.5) is 0 Å². The molecule has 0 saturated carbocycles. The molecule has 1 amide bonds. The number of carbonyl (C=O) groups is 1. The number of amides is 1. The first-order chi connectivity index (χ1) is 14.8. The highest BCUT2D eigenvalue weighted by Gasteiger charge is 2.27. The number of carbonyl (C=O) groups excluding carboxylic acids is 1. The Morgan fingerprint density at radius 2 is 1.71 bits per heavy atom. The van der Waals surface area contributed by atoms with Gasteiger partial charge in [0.1, 0.15) is 12.4 Å². The molecule has 0 aromatic heterocycles. The molecular formula is C23H31IN4O3. The van der Waals surface area contributed by atoms with E-state index in [0.29, 0.717) is 52.0 Å². The molecule has 0 aliphatic carbocycles. The molecule has 2 aromatic rings. The number of nitrogens with zero attached hydrogens (tertiary/aromatic N) is 2. The SMILES string of the molecule is CN=C(NCCOc1ccccc1)NCC(C(=O)N1CCOCC1)c1ccccc1.I. The Hall–Kier alpha value is -2.33. The molecule has 0 radical (unpaired) electrons. The number of guanidine groups is 1. The van der Waals surface area contributed by atoms with Crippen LogP contribution < -0.4 is 15.4 Å². The molecule has 0 bridgehead atoms. The summed E-state index contributed by atoms with van der Waals surface area (Å²) in [4.78, 5) is 19.3. The monoisotopic (exact) mass is 538 g/mol. The van der Waals surface area contributed by atoms with Crippen LogP contribution in [0.5, 0.6) is 5.75 Å². The highest BCUT2D eigenvalue weighted by atomic mass is 127. The molecule has 2 aromatic carbocycles. The topological polar surface area (TPSA) is 75.2 Å². The van der Waals surface area contributed by atoms with Crippen LogP contribution in [0, 0.1) is 0 Å². The molecule has 2 N–H and O–H groups in total. The fraction of sp³-hybridized carbons (Fsp3) is 0.391. The van der Waals surface area contributed by atoms with Gasteiger partial charge >= 0.3 is 0 Å². The first-order valence-corrected chi connectivity index (χ1v) is 10.3. The molecule has 7 nitrogen and oxygen atoms in total. The van der Waals surface area contributed by atoms with Crippen LogP contribution >= 0.6 is 24.0 Å². The summed E-state index contributed by atoms with van der Waals surface area (Å²) in [5.41, 5.74) is 0.990. The van der Waals surface area contributed by atoms with Gasteiger partial charge in [0, 0.05) is 26.7 Å². The van der Waals surface area contributed by atoms with Gasteiger partial charge in [-0.05, 0) is 17.7 Å². The average Bonchev–Trinajstić information content (AvgIpc) is 2.82. The van der Waals surface area contributed by atoms with E-state index in [4.69, 9.17) is 9.47 Å². The summed E-state index contributed by atoms with van der Waals surface area (Å²) in [6.45, 7) is 4.01. The van der Waals surface area contributed by atoms with Crippen LogP contribution in [-0.4, -0.2) is 69.8 Å². The lowest BCUT2D eigenvalue weighted by Crippen LogP contribution is -2.47. The van der Waals surface area contributed by atoms with Gasteiger partial charge in [-0.3, -0.25) is 9.79 Å². The summed E-state index contributed by atoms with van der Waals surface area (Å²) in [7, 11) is 1.72. The van der Waals surface area contributed by atoms with Crippen LogP contribution in [0.25, 0.3) is 0 Å². The maximum absolute atomic E-state index is 13.2. The third kappa shape index (κ3) is 8.02. The van der Waals surface area contributed by atoms with Crippen molar-refractivity contribution in [3.63, 3.8) is 0 Å². The molecule has 1 atom stereocenters. The number of benzene rings is 2. The Labute approximate surface area is 201 Å². The van der Waals surface area contributed by atoms with Gasteiger partial charge in [-0.25, -0.2) is 0 Å². The number of aliphatic imine (C=N–C) groups is 1. The summed E-state index contributed by atoms with van der Waals surface area (Å²) < 4.78 is 11.1. The van der Waals surface area contributed by atoms with Crippen molar-refractivity contribution in [2.45, 2.75) is 5.92 Å². The van der Waals surface area contributed by atoms with Crippen LogP contribution in [0.2, 0.25) is 0 Å². The smallest absolute Gasteiger partial charge is 0.232 e. The van der Waals surface area contributed by atoms with E-state index in [1.54, 1.807) is 7.05 Å². The molecule has 1 heterocycles. The maximum Gasteiger partial charge on any atom is 0.232 e. The van der Waals surface area contributed by atoms with Gasteiger partial charge in [-0.1, -0.05) is 48.5 Å². The Morgan fingerprint density at radius 1 is 1.06 bits per heavy atom. The Bertz CT molecular complexity index is 799. The van der Waals surface area contributed by atoms with E-state index in [1.807, 2.05) is 65.6 Å². The molecule has 168 valence electrons. The van der Waals surface area contributed by atoms with Crippen molar-refractivity contribution >= 4 is 35.8 Å². The second kappa shape index (κ2) is 13.9. The fourth-order valence-corrected chi connectivity index (χ4v) is 3.31. The fourth-order valence-electron chi connectivity index (χ4n) is 3.31. The van der Waals surface area contributed by atoms with Crippen LogP contribution in [-0.2, 0) is 9.53 Å². The Kier molecular flexibility index (Phi) is 11.2. The lowest BCUT2D eigenvalue weighted by atomic mass is 9.97. The van der Waals surface area contributed by atoms with Crippen molar-refractivity contribution in [3.05, 3.63) is 66.2 Å². The van der Waals surface area contributed by atoms with Crippen LogP contribution in [0.15, 0.2) is 65.7 Å². The van der Waals surface area contributed by atoms with Crippen molar-refractivity contribution in [1.82, 2.24) is 15.5 Å². The van der Waals surface area contributed by atoms with Gasteiger partial charge in [0.25, 0.3) is 0 Å². The molecule has 31 heavy (non-hydrogen) atoms. The third-order valence-electron chi connectivity index (χ3n) is 4.93. The maximum atomic E-state index is 13.2. The van der Waals surface area contributed by atoms with E-state index in [9.17, 15) is 4.79 Å². The van der Waals surface area contributed by atoms with Gasteiger partial charge in [0.15, 0.2) is 5.96 Å². The number of halogens is 1. The predicted molar refractivity (Wildman–Crippen MR) is 133 cm³/mol. The molecule has 8 heteroatoms. The first kappa shape index (κ1) is 24.9. The van der Waals surface area contributed by atoms with Gasteiger partial charge in [-0.15, -0.1) is 24.0 Å². The lowest BCUT2D eigenvalue weighted by Gasteiger charge is -2.31. The zero-order valence-corrected chi connectivity index (χ0v) is 20.2. The summed E-state index contributed by atoms with van der Waals surface area (Å²) in [5.74, 6) is 1.30. The molecule has 1 fully saturated rings. The molecule has 3 rings (SSSR count). The summed E-state index contributed by atoms with van der Waals surface area (Å²) in [5, 5.41) is 6.53.